The van der Waals surface area contributed by atoms with Crippen LogP contribution in [0.15, 0.2) is 61.2 Å². The van der Waals surface area contributed by atoms with Crippen LogP contribution in [0.1, 0.15) is 78.8 Å². The van der Waals surface area contributed by atoms with Gasteiger partial charge in [-0.2, -0.15) is 5.26 Å². The van der Waals surface area contributed by atoms with Crippen molar-refractivity contribution in [2.24, 2.45) is 11.8 Å². The van der Waals surface area contributed by atoms with Crippen molar-refractivity contribution in [2.75, 3.05) is 6.54 Å². The number of carbonyl (C=O) groups is 1. The Bertz CT molecular complexity index is 1140. The number of allylic oxidation sites excluding steroid dienone is 2. The minimum Gasteiger partial charge on any atom is -0.301 e. The smallest absolute Gasteiger partial charge is 0.163 e. The maximum Gasteiger partial charge on any atom is 0.163 e. The number of rotatable bonds is 11. The molecule has 0 bridgehead atoms. The fourth-order valence-electron chi connectivity index (χ4n) is 4.36. The lowest BCUT2D eigenvalue weighted by molar-refractivity contribution is -0.116. The topological polar surface area (TPSA) is 52.9 Å². The Balaban J connectivity index is 0.00000126. The second kappa shape index (κ2) is 15.7. The molecule has 198 valence electrons. The van der Waals surface area contributed by atoms with Gasteiger partial charge in [0.1, 0.15) is 0 Å². The van der Waals surface area contributed by atoms with E-state index < -0.39 is 0 Å². The highest BCUT2D eigenvalue weighted by Gasteiger charge is 2.22. The van der Waals surface area contributed by atoms with Crippen LogP contribution in [0.25, 0.3) is 17.2 Å². The van der Waals surface area contributed by atoms with Gasteiger partial charge < -0.3 is 5.32 Å². The summed E-state index contributed by atoms with van der Waals surface area (Å²) >= 11 is 0. The van der Waals surface area contributed by atoms with E-state index in [4.69, 9.17) is 6.42 Å². The van der Waals surface area contributed by atoms with E-state index in [0.717, 1.165) is 60.0 Å². The van der Waals surface area contributed by atoms with Crippen LogP contribution in [0.4, 0.5) is 0 Å². The first-order valence-corrected chi connectivity index (χ1v) is 13.5. The Morgan fingerprint density at radius 3 is 2.41 bits per heavy atom. The van der Waals surface area contributed by atoms with Crippen LogP contribution < -0.4 is 5.32 Å². The zero-order chi connectivity index (χ0) is 27.2. The monoisotopic (exact) mass is 498 g/mol. The van der Waals surface area contributed by atoms with Crippen molar-refractivity contribution in [3.63, 3.8) is 0 Å². The molecular formula is C34H46N2O. The van der Waals surface area contributed by atoms with Crippen LogP contribution in [-0.4, -0.2) is 18.4 Å². The molecule has 1 aliphatic rings. The lowest BCUT2D eigenvalue weighted by Crippen LogP contribution is -2.33. The van der Waals surface area contributed by atoms with Gasteiger partial charge in [-0.25, -0.2) is 0 Å². The number of nitrogens with zero attached hydrogens (tertiary/aromatic N) is 1. The molecule has 0 radical (unpaired) electrons. The molecule has 0 fully saturated rings. The Morgan fingerprint density at radius 1 is 1.11 bits per heavy atom. The van der Waals surface area contributed by atoms with Crippen molar-refractivity contribution in [1.29, 1.82) is 5.26 Å². The van der Waals surface area contributed by atoms with Crippen LogP contribution in [0.3, 0.4) is 0 Å². The van der Waals surface area contributed by atoms with Crippen molar-refractivity contribution < 1.29 is 7.65 Å². The fraction of sp³-hybridized carbons (Fsp3) is 0.412. The van der Waals surface area contributed by atoms with Gasteiger partial charge in [-0.05, 0) is 71.2 Å². The van der Waals surface area contributed by atoms with E-state index in [2.05, 4.69) is 94.0 Å². The van der Waals surface area contributed by atoms with Crippen LogP contribution >= 0.6 is 0 Å². The van der Waals surface area contributed by atoms with E-state index in [1.807, 2.05) is 12.2 Å². The number of ketones is 1. The van der Waals surface area contributed by atoms with E-state index in [1.165, 1.54) is 0 Å². The van der Waals surface area contributed by atoms with Crippen molar-refractivity contribution in [3.8, 4) is 29.5 Å². The summed E-state index contributed by atoms with van der Waals surface area (Å²) < 4.78 is 0. The highest BCUT2D eigenvalue weighted by atomic mass is 16.1. The zero-order valence-electron chi connectivity index (χ0n) is 23.0. The lowest BCUT2D eigenvalue weighted by Gasteiger charge is -2.20. The number of benzene rings is 2. The first kappa shape index (κ1) is 29.8. The quantitative estimate of drug-likeness (QED) is 0.251. The summed E-state index contributed by atoms with van der Waals surface area (Å²) in [5, 5.41) is 12.8. The van der Waals surface area contributed by atoms with E-state index >= 15 is 0 Å². The predicted octanol–water partition coefficient (Wildman–Crippen LogP) is 8.23. The van der Waals surface area contributed by atoms with Gasteiger partial charge in [-0.3, -0.25) is 4.79 Å². The maximum atomic E-state index is 12.2. The average molecular weight is 499 g/mol. The number of hydrogen-bond acceptors (Lipinski definition) is 3. The highest BCUT2D eigenvalue weighted by Crippen LogP contribution is 2.33. The number of terminal acetylenes is 1. The largest absolute Gasteiger partial charge is 0.301 e. The second-order valence-corrected chi connectivity index (χ2v) is 10.1. The van der Waals surface area contributed by atoms with Crippen molar-refractivity contribution in [1.82, 2.24) is 5.32 Å². The summed E-state index contributed by atoms with van der Waals surface area (Å²) in [6.45, 7) is 13.0. The van der Waals surface area contributed by atoms with Crippen molar-refractivity contribution in [3.05, 3.63) is 77.9 Å². The van der Waals surface area contributed by atoms with E-state index in [1.54, 1.807) is 6.08 Å². The van der Waals surface area contributed by atoms with Crippen LogP contribution in [0.2, 0.25) is 0 Å². The fourth-order valence-corrected chi connectivity index (χ4v) is 4.36. The molecule has 2 aromatic carbocycles. The van der Waals surface area contributed by atoms with E-state index in [9.17, 15) is 10.1 Å². The summed E-state index contributed by atoms with van der Waals surface area (Å²) in [6.07, 6.45) is 15.1. The average Bonchev–Trinajstić information content (AvgIpc) is 2.91. The summed E-state index contributed by atoms with van der Waals surface area (Å²) in [5.74, 6) is 3.94. The van der Waals surface area contributed by atoms with Gasteiger partial charge in [-0.1, -0.05) is 82.7 Å². The highest BCUT2D eigenvalue weighted by molar-refractivity contribution is 6.02. The number of fused-ring (bicyclic) bond motifs is 1. The van der Waals surface area contributed by atoms with Gasteiger partial charge in [0.05, 0.1) is 12.1 Å². The summed E-state index contributed by atoms with van der Waals surface area (Å²) in [6, 6.07) is 17.0. The summed E-state index contributed by atoms with van der Waals surface area (Å²) in [5.41, 5.74) is 5.68. The molecule has 4 atom stereocenters. The third-order valence-corrected chi connectivity index (χ3v) is 6.97. The van der Waals surface area contributed by atoms with Crippen LogP contribution in [-0.2, 0) is 11.2 Å². The second-order valence-electron chi connectivity index (χ2n) is 10.1. The molecule has 0 saturated carbocycles. The molecule has 2 aromatic rings. The SMILES string of the molecule is C#CCC(C)CC=C.CCC1C(=O)C=Cc2ccc(-c3ccc(C[C@@H](C#N)NC[C@@H](C)CC)cc3)cc21.[HH].[HH]. The lowest BCUT2D eigenvalue weighted by atomic mass is 9.83. The van der Waals surface area contributed by atoms with Crippen molar-refractivity contribution >= 4 is 11.9 Å². The van der Waals surface area contributed by atoms with E-state index in [-0.39, 0.29) is 20.6 Å². The number of nitrogens with one attached hydrogen (secondary N) is 1. The van der Waals surface area contributed by atoms with E-state index in [0.29, 0.717) is 18.3 Å². The Hall–Kier alpha value is -3.40. The van der Waals surface area contributed by atoms with Gasteiger partial charge in [0.15, 0.2) is 5.78 Å². The minimum atomic E-state index is -0.165. The van der Waals surface area contributed by atoms with Gasteiger partial charge in [-0.15, -0.1) is 18.9 Å². The van der Waals surface area contributed by atoms with Crippen LogP contribution in [0.5, 0.6) is 0 Å². The molecule has 3 rings (SSSR count). The Morgan fingerprint density at radius 2 is 1.81 bits per heavy atom. The van der Waals surface area contributed by atoms with Gasteiger partial charge >= 0.3 is 0 Å². The van der Waals surface area contributed by atoms with Crippen molar-refractivity contribution in [2.45, 2.75) is 71.8 Å². The minimum absolute atomic E-state index is 0. The molecule has 0 amide bonds. The third kappa shape index (κ3) is 9.20. The van der Waals surface area contributed by atoms with Gasteiger partial charge in [0.25, 0.3) is 0 Å². The molecule has 2 unspecified atom stereocenters. The standard InChI is InChI=1S/C26H30N2O.C8H12.2H2/c1-4-18(3)17-28-23(16-27)14-19-6-8-20(9-7-19)22-11-10-21-12-13-26(29)24(5-2)25(21)15-22;1-4-6-8(3)7-5-2;;/h6-13,15,18,23-24,28H,4-5,14,17H2,1-3H3;1,5,8H,2,6-7H2,3H3;2*1H/t18-,23-,24?;;;/m0.../s1. The molecule has 3 nitrogen and oxygen atoms in total. The summed E-state index contributed by atoms with van der Waals surface area (Å²) in [4.78, 5) is 12.2. The first-order chi connectivity index (χ1) is 17.9. The molecule has 0 aliphatic heterocycles. The first-order valence-electron chi connectivity index (χ1n) is 13.5. The molecule has 0 heterocycles. The molecule has 3 heteroatoms. The molecule has 1 aliphatic carbocycles. The molecule has 37 heavy (non-hydrogen) atoms. The summed E-state index contributed by atoms with van der Waals surface area (Å²) in [7, 11) is 0. The number of carbonyl (C=O) groups excluding carboxylic acids is 1. The molecular weight excluding hydrogens is 452 g/mol. The van der Waals surface area contributed by atoms with Gasteiger partial charge in [0, 0.05) is 21.6 Å². The molecule has 0 aromatic heterocycles. The van der Waals surface area contributed by atoms with Gasteiger partial charge in [0.2, 0.25) is 0 Å². The molecule has 0 saturated heterocycles. The van der Waals surface area contributed by atoms with Crippen LogP contribution in [0, 0.1) is 35.5 Å². The molecule has 1 N–H and O–H groups in total. The normalized spacial score (nSPS) is 16.3. The Labute approximate surface area is 227 Å². The predicted molar refractivity (Wildman–Crippen MR) is 161 cm³/mol. The molecule has 0 spiro atoms. The number of nitriles is 1. The third-order valence-electron chi connectivity index (χ3n) is 6.97. The maximum absolute atomic E-state index is 12.2. The number of hydrogen-bond donors (Lipinski definition) is 1. The Kier molecular flexibility index (Phi) is 12.6. The zero-order valence-corrected chi connectivity index (χ0v) is 23.0.